The number of anilines is 1. The maximum absolute atomic E-state index is 12.5. The largest absolute Gasteiger partial charge is 0.507 e. The van der Waals surface area contributed by atoms with Crippen molar-refractivity contribution in [3.05, 3.63) is 42.0 Å². The molecule has 0 aliphatic rings. The predicted molar refractivity (Wildman–Crippen MR) is 91.8 cm³/mol. The molecule has 0 aliphatic heterocycles. The van der Waals surface area contributed by atoms with Crippen molar-refractivity contribution in [3.63, 3.8) is 0 Å². The van der Waals surface area contributed by atoms with E-state index in [1.807, 2.05) is 13.8 Å². The summed E-state index contributed by atoms with van der Waals surface area (Å²) in [5.41, 5.74) is 7.48. The van der Waals surface area contributed by atoms with Gasteiger partial charge >= 0.3 is 0 Å². The molecule has 0 saturated heterocycles. The first-order chi connectivity index (χ1) is 11.5. The highest BCUT2D eigenvalue weighted by Crippen LogP contribution is 2.27. The van der Waals surface area contributed by atoms with Crippen LogP contribution in [-0.4, -0.2) is 43.6 Å². The Hall–Kier alpha value is -3.09. The van der Waals surface area contributed by atoms with Gasteiger partial charge in [-0.2, -0.15) is 4.52 Å². The topological polar surface area (TPSA) is 96.8 Å². The number of aromatic nitrogens is 3. The summed E-state index contributed by atoms with van der Waals surface area (Å²) in [5.74, 6) is 0.664. The molecule has 1 amide bonds. The van der Waals surface area contributed by atoms with Crippen molar-refractivity contribution in [1.29, 1.82) is 0 Å². The molecule has 0 aliphatic carbocycles. The lowest BCUT2D eigenvalue weighted by Gasteiger charge is -2.18. The highest BCUT2D eigenvalue weighted by Gasteiger charge is 2.17. The number of nitrogen functional groups attached to an aromatic ring is 1. The Kier molecular flexibility index (Phi) is 4.07. The van der Waals surface area contributed by atoms with E-state index in [9.17, 15) is 9.90 Å². The predicted octanol–water partition coefficient (Wildman–Crippen LogP) is 2.17. The van der Waals surface area contributed by atoms with Crippen molar-refractivity contribution >= 4 is 17.4 Å². The molecule has 124 valence electrons. The zero-order valence-corrected chi connectivity index (χ0v) is 13.6. The van der Waals surface area contributed by atoms with Crippen LogP contribution in [0, 0.1) is 0 Å². The summed E-state index contributed by atoms with van der Waals surface area (Å²) in [7, 11) is 0. The third kappa shape index (κ3) is 2.64. The number of carbonyl (C=O) groups excluding carboxylic acids is 1. The van der Waals surface area contributed by atoms with Crippen LogP contribution >= 0.6 is 0 Å². The van der Waals surface area contributed by atoms with Crippen molar-refractivity contribution in [2.24, 2.45) is 0 Å². The number of hydrogen-bond acceptors (Lipinski definition) is 5. The summed E-state index contributed by atoms with van der Waals surface area (Å²) in [6.07, 6.45) is 0. The number of rotatable bonds is 4. The zero-order chi connectivity index (χ0) is 17.3. The fourth-order valence-electron chi connectivity index (χ4n) is 2.60. The Balaban J connectivity index is 2.09. The molecule has 0 unspecified atom stereocenters. The lowest BCUT2D eigenvalue weighted by Crippen LogP contribution is -2.30. The van der Waals surface area contributed by atoms with Gasteiger partial charge in [0.1, 0.15) is 11.6 Å². The number of phenols is 1. The van der Waals surface area contributed by atoms with Crippen LogP contribution in [0.3, 0.4) is 0 Å². The number of para-hydroxylation sites is 1. The highest BCUT2D eigenvalue weighted by atomic mass is 16.3. The van der Waals surface area contributed by atoms with Crippen LogP contribution in [0.5, 0.6) is 5.75 Å². The Labute approximate surface area is 139 Å². The third-order valence-corrected chi connectivity index (χ3v) is 3.91. The second-order valence-corrected chi connectivity index (χ2v) is 5.37. The fourth-order valence-corrected chi connectivity index (χ4v) is 2.60. The Morgan fingerprint density at radius 1 is 1.25 bits per heavy atom. The average molecular weight is 325 g/mol. The number of carbonyl (C=O) groups is 1. The number of aromatic hydroxyl groups is 1. The number of phenolic OH excluding ortho intramolecular Hbond substituents is 1. The number of pyridine rings is 1. The second-order valence-electron chi connectivity index (χ2n) is 5.37. The molecular weight excluding hydrogens is 306 g/mol. The standard InChI is InChI=1S/C17H19N5O2/c1-3-21(4-2)17(24)11-9-14(18)22-15(10-11)19-16(20-22)12-7-5-6-8-13(12)23/h5-10,23H,3-4,18H2,1-2H3. The zero-order valence-electron chi connectivity index (χ0n) is 13.6. The SMILES string of the molecule is CCN(CC)C(=O)c1cc(N)n2nc(-c3ccccc3O)nc2c1. The molecule has 0 bridgehead atoms. The van der Waals surface area contributed by atoms with E-state index in [0.717, 1.165) is 0 Å². The molecule has 0 radical (unpaired) electrons. The van der Waals surface area contributed by atoms with Gasteiger partial charge in [0.2, 0.25) is 0 Å². The maximum atomic E-state index is 12.5. The number of nitrogens with zero attached hydrogens (tertiary/aromatic N) is 4. The van der Waals surface area contributed by atoms with E-state index in [1.165, 1.54) is 4.52 Å². The molecule has 3 N–H and O–H groups in total. The van der Waals surface area contributed by atoms with Crippen molar-refractivity contribution in [1.82, 2.24) is 19.5 Å². The van der Waals surface area contributed by atoms with E-state index in [2.05, 4.69) is 10.1 Å². The van der Waals surface area contributed by atoms with E-state index in [4.69, 9.17) is 5.73 Å². The Morgan fingerprint density at radius 2 is 1.96 bits per heavy atom. The van der Waals surface area contributed by atoms with E-state index in [-0.39, 0.29) is 11.7 Å². The van der Waals surface area contributed by atoms with E-state index in [0.29, 0.717) is 41.5 Å². The number of hydrogen-bond donors (Lipinski definition) is 2. The Bertz CT molecular complexity index is 899. The molecule has 3 rings (SSSR count). The summed E-state index contributed by atoms with van der Waals surface area (Å²) >= 11 is 0. The van der Waals surface area contributed by atoms with Gasteiger partial charge in [0.15, 0.2) is 11.5 Å². The summed E-state index contributed by atoms with van der Waals surface area (Å²) in [6.45, 7) is 5.10. The minimum atomic E-state index is -0.0960. The van der Waals surface area contributed by atoms with Crippen LogP contribution in [-0.2, 0) is 0 Å². The average Bonchev–Trinajstić information content (AvgIpc) is 3.00. The lowest BCUT2D eigenvalue weighted by molar-refractivity contribution is 0.0773. The van der Waals surface area contributed by atoms with Gasteiger partial charge in [-0.1, -0.05) is 12.1 Å². The summed E-state index contributed by atoms with van der Waals surface area (Å²) < 4.78 is 1.46. The Morgan fingerprint density at radius 3 is 2.62 bits per heavy atom. The lowest BCUT2D eigenvalue weighted by atomic mass is 10.2. The first-order valence-electron chi connectivity index (χ1n) is 7.79. The summed E-state index contributed by atoms with van der Waals surface area (Å²) in [4.78, 5) is 18.6. The molecule has 2 heterocycles. The van der Waals surface area contributed by atoms with Crippen LogP contribution in [0.4, 0.5) is 5.82 Å². The number of fused-ring (bicyclic) bond motifs is 1. The van der Waals surface area contributed by atoms with Crippen LogP contribution in [0.2, 0.25) is 0 Å². The molecule has 7 nitrogen and oxygen atoms in total. The van der Waals surface area contributed by atoms with Crippen LogP contribution in [0.15, 0.2) is 36.4 Å². The van der Waals surface area contributed by atoms with Crippen LogP contribution in [0.25, 0.3) is 17.0 Å². The minimum absolute atomic E-state index is 0.0893. The van der Waals surface area contributed by atoms with Crippen LogP contribution in [0.1, 0.15) is 24.2 Å². The quantitative estimate of drug-likeness (QED) is 0.766. The normalized spacial score (nSPS) is 10.9. The number of amides is 1. The monoisotopic (exact) mass is 325 g/mol. The molecule has 24 heavy (non-hydrogen) atoms. The second kappa shape index (κ2) is 6.19. The smallest absolute Gasteiger partial charge is 0.254 e. The summed E-state index contributed by atoms with van der Waals surface area (Å²) in [5, 5.41) is 14.3. The van der Waals surface area contributed by atoms with Crippen molar-refractivity contribution in [2.45, 2.75) is 13.8 Å². The number of benzene rings is 1. The molecule has 0 spiro atoms. The van der Waals surface area contributed by atoms with E-state index < -0.39 is 0 Å². The summed E-state index contributed by atoms with van der Waals surface area (Å²) in [6, 6.07) is 10.1. The van der Waals surface area contributed by atoms with Gasteiger partial charge in [-0.15, -0.1) is 5.10 Å². The maximum Gasteiger partial charge on any atom is 0.254 e. The van der Waals surface area contributed by atoms with Crippen molar-refractivity contribution in [3.8, 4) is 17.1 Å². The molecule has 0 fully saturated rings. The van der Waals surface area contributed by atoms with Gasteiger partial charge in [-0.05, 0) is 38.1 Å². The highest BCUT2D eigenvalue weighted by molar-refractivity contribution is 5.96. The van der Waals surface area contributed by atoms with Crippen molar-refractivity contribution < 1.29 is 9.90 Å². The third-order valence-electron chi connectivity index (χ3n) is 3.91. The van der Waals surface area contributed by atoms with Gasteiger partial charge in [0.05, 0.1) is 5.56 Å². The van der Waals surface area contributed by atoms with E-state index in [1.54, 1.807) is 41.3 Å². The molecule has 1 aromatic carbocycles. The van der Waals surface area contributed by atoms with Gasteiger partial charge in [0.25, 0.3) is 5.91 Å². The fraction of sp³-hybridized carbons (Fsp3) is 0.235. The van der Waals surface area contributed by atoms with Crippen molar-refractivity contribution in [2.75, 3.05) is 18.8 Å². The first-order valence-corrected chi connectivity index (χ1v) is 7.79. The molecular formula is C17H19N5O2. The number of nitrogens with two attached hydrogens (primary N) is 1. The molecule has 7 heteroatoms. The van der Waals surface area contributed by atoms with Crippen LogP contribution < -0.4 is 5.73 Å². The first kappa shape index (κ1) is 15.8. The minimum Gasteiger partial charge on any atom is -0.507 e. The van der Waals surface area contributed by atoms with Gasteiger partial charge in [-0.25, -0.2) is 4.98 Å². The van der Waals surface area contributed by atoms with E-state index >= 15 is 0 Å². The molecule has 0 saturated carbocycles. The molecule has 3 aromatic rings. The van der Waals surface area contributed by atoms with Gasteiger partial charge in [-0.3, -0.25) is 4.79 Å². The van der Waals surface area contributed by atoms with Gasteiger partial charge < -0.3 is 15.7 Å². The van der Waals surface area contributed by atoms with Gasteiger partial charge in [0, 0.05) is 18.7 Å². The molecule has 2 aromatic heterocycles. The molecule has 0 atom stereocenters.